The molecule has 0 aliphatic carbocycles. The number of hydrogen-bond donors (Lipinski definition) is 2. The summed E-state index contributed by atoms with van der Waals surface area (Å²) >= 11 is 0. The smallest absolute Gasteiger partial charge is 0.254 e. The Labute approximate surface area is 122 Å². The molecule has 3 rings (SSSR count). The van der Waals surface area contributed by atoms with Gasteiger partial charge in [0.15, 0.2) is 0 Å². The van der Waals surface area contributed by atoms with Crippen molar-refractivity contribution in [2.24, 2.45) is 0 Å². The van der Waals surface area contributed by atoms with E-state index in [9.17, 15) is 4.79 Å². The van der Waals surface area contributed by atoms with Crippen molar-refractivity contribution >= 4 is 5.91 Å². The van der Waals surface area contributed by atoms with Crippen molar-refractivity contribution in [1.82, 2.24) is 20.5 Å². The molecule has 5 nitrogen and oxygen atoms in total. The molecule has 5 heteroatoms. The Hall–Kier alpha value is -2.95. The van der Waals surface area contributed by atoms with Gasteiger partial charge < -0.3 is 5.32 Å². The number of amides is 1. The van der Waals surface area contributed by atoms with Crippen molar-refractivity contribution in [2.75, 3.05) is 0 Å². The number of aromatic amines is 1. The molecular weight excluding hydrogens is 264 g/mol. The van der Waals surface area contributed by atoms with Gasteiger partial charge in [-0.3, -0.25) is 14.9 Å². The van der Waals surface area contributed by atoms with Gasteiger partial charge in [0.25, 0.3) is 5.91 Å². The quantitative estimate of drug-likeness (QED) is 0.770. The van der Waals surface area contributed by atoms with Crippen molar-refractivity contribution in [1.29, 1.82) is 0 Å². The molecule has 0 radical (unpaired) electrons. The summed E-state index contributed by atoms with van der Waals surface area (Å²) in [5.74, 6) is -0.146. The number of rotatable bonds is 4. The van der Waals surface area contributed by atoms with Gasteiger partial charge in [0.05, 0.1) is 17.5 Å². The van der Waals surface area contributed by atoms with Crippen LogP contribution in [-0.2, 0) is 6.54 Å². The van der Waals surface area contributed by atoms with E-state index in [0.29, 0.717) is 12.1 Å². The highest BCUT2D eigenvalue weighted by Crippen LogP contribution is 2.17. The lowest BCUT2D eigenvalue weighted by Crippen LogP contribution is -2.22. The van der Waals surface area contributed by atoms with Crippen LogP contribution in [0.15, 0.2) is 61.1 Å². The van der Waals surface area contributed by atoms with E-state index in [0.717, 1.165) is 16.8 Å². The zero-order valence-electron chi connectivity index (χ0n) is 11.3. The Morgan fingerprint density at radius 3 is 2.90 bits per heavy atom. The first-order valence-electron chi connectivity index (χ1n) is 6.60. The zero-order chi connectivity index (χ0) is 14.5. The predicted octanol–water partition coefficient (Wildman–Crippen LogP) is 2.40. The van der Waals surface area contributed by atoms with E-state index in [1.165, 1.54) is 6.20 Å². The maximum atomic E-state index is 11.9. The normalized spacial score (nSPS) is 10.3. The number of nitrogens with zero attached hydrogens (tertiary/aromatic N) is 2. The van der Waals surface area contributed by atoms with E-state index in [1.807, 2.05) is 42.5 Å². The average Bonchev–Trinajstić information content (AvgIpc) is 3.08. The number of pyridine rings is 1. The summed E-state index contributed by atoms with van der Waals surface area (Å²) in [6, 6.07) is 13.8. The molecule has 0 saturated heterocycles. The Bertz CT molecular complexity index is 723. The molecule has 0 bridgehead atoms. The third-order valence-corrected chi connectivity index (χ3v) is 3.10. The fourth-order valence-corrected chi connectivity index (χ4v) is 2.03. The molecule has 1 amide bonds. The van der Waals surface area contributed by atoms with Crippen molar-refractivity contribution in [2.45, 2.75) is 6.54 Å². The van der Waals surface area contributed by atoms with Crippen LogP contribution in [0.3, 0.4) is 0 Å². The van der Waals surface area contributed by atoms with Crippen LogP contribution in [0.1, 0.15) is 15.9 Å². The largest absolute Gasteiger partial charge is 0.348 e. The molecule has 104 valence electrons. The first-order chi connectivity index (χ1) is 10.3. The van der Waals surface area contributed by atoms with Gasteiger partial charge in [-0.15, -0.1) is 0 Å². The molecule has 0 aliphatic heterocycles. The fraction of sp³-hybridized carbons (Fsp3) is 0.0625. The van der Waals surface area contributed by atoms with E-state index in [1.54, 1.807) is 12.4 Å². The van der Waals surface area contributed by atoms with E-state index in [-0.39, 0.29) is 5.91 Å². The fourth-order valence-electron chi connectivity index (χ4n) is 2.03. The van der Waals surface area contributed by atoms with Crippen LogP contribution in [0.4, 0.5) is 0 Å². The van der Waals surface area contributed by atoms with Gasteiger partial charge in [0.1, 0.15) is 0 Å². The van der Waals surface area contributed by atoms with Crippen molar-refractivity contribution in [3.05, 3.63) is 72.2 Å². The number of benzene rings is 1. The molecule has 21 heavy (non-hydrogen) atoms. The summed E-state index contributed by atoms with van der Waals surface area (Å²) in [6.45, 7) is 0.463. The number of nitrogens with one attached hydrogen (secondary N) is 2. The molecule has 2 aromatic heterocycles. The first kappa shape index (κ1) is 13.1. The van der Waals surface area contributed by atoms with Crippen molar-refractivity contribution in [3.63, 3.8) is 0 Å². The Kier molecular flexibility index (Phi) is 3.73. The van der Waals surface area contributed by atoms with Gasteiger partial charge in [0, 0.05) is 24.5 Å². The maximum absolute atomic E-state index is 11.9. The number of H-pyrrole nitrogens is 1. The van der Waals surface area contributed by atoms with Crippen LogP contribution in [0, 0.1) is 0 Å². The van der Waals surface area contributed by atoms with E-state index in [2.05, 4.69) is 20.5 Å². The van der Waals surface area contributed by atoms with Crippen molar-refractivity contribution in [3.8, 4) is 11.3 Å². The van der Waals surface area contributed by atoms with E-state index < -0.39 is 0 Å². The molecule has 0 spiro atoms. The van der Waals surface area contributed by atoms with Gasteiger partial charge in [0.2, 0.25) is 0 Å². The lowest BCUT2D eigenvalue weighted by molar-refractivity contribution is 0.0951. The number of carbonyl (C=O) groups is 1. The monoisotopic (exact) mass is 278 g/mol. The number of carbonyl (C=O) groups excluding carboxylic acids is 1. The SMILES string of the molecule is O=C(NCc1cccc(-c2ccccn2)c1)c1cn[nH]c1. The van der Waals surface area contributed by atoms with Gasteiger partial charge in [-0.1, -0.05) is 24.3 Å². The van der Waals surface area contributed by atoms with Crippen LogP contribution in [0.5, 0.6) is 0 Å². The standard InChI is InChI=1S/C16H14N4O/c21-16(14-10-19-20-11-14)18-9-12-4-3-5-13(8-12)15-6-1-2-7-17-15/h1-8,10-11H,9H2,(H,18,21)(H,19,20). The van der Waals surface area contributed by atoms with Crippen LogP contribution >= 0.6 is 0 Å². The molecule has 1 aromatic carbocycles. The molecule has 0 fully saturated rings. The molecular formula is C16H14N4O. The molecule has 0 saturated carbocycles. The lowest BCUT2D eigenvalue weighted by Gasteiger charge is -2.06. The van der Waals surface area contributed by atoms with E-state index in [4.69, 9.17) is 0 Å². The number of aromatic nitrogens is 3. The molecule has 0 aliphatic rings. The van der Waals surface area contributed by atoms with Gasteiger partial charge in [-0.25, -0.2) is 0 Å². The Balaban J connectivity index is 1.71. The summed E-state index contributed by atoms with van der Waals surface area (Å²) in [7, 11) is 0. The molecule has 0 unspecified atom stereocenters. The maximum Gasteiger partial charge on any atom is 0.254 e. The van der Waals surface area contributed by atoms with Gasteiger partial charge in [-0.05, 0) is 23.8 Å². The lowest BCUT2D eigenvalue weighted by atomic mass is 10.1. The predicted molar refractivity (Wildman–Crippen MR) is 79.4 cm³/mol. The van der Waals surface area contributed by atoms with Crippen LogP contribution in [-0.4, -0.2) is 21.1 Å². The average molecular weight is 278 g/mol. The second-order valence-electron chi connectivity index (χ2n) is 4.59. The molecule has 2 N–H and O–H groups in total. The minimum absolute atomic E-state index is 0.146. The number of hydrogen-bond acceptors (Lipinski definition) is 3. The van der Waals surface area contributed by atoms with Crippen molar-refractivity contribution < 1.29 is 4.79 Å². The summed E-state index contributed by atoms with van der Waals surface area (Å²) in [5.41, 5.74) is 3.50. The minimum atomic E-state index is -0.146. The van der Waals surface area contributed by atoms with Gasteiger partial charge in [-0.2, -0.15) is 5.10 Å². The third kappa shape index (κ3) is 3.14. The second-order valence-corrected chi connectivity index (χ2v) is 4.59. The molecule has 3 aromatic rings. The summed E-state index contributed by atoms with van der Waals surface area (Å²) in [6.07, 6.45) is 4.84. The minimum Gasteiger partial charge on any atom is -0.348 e. The second kappa shape index (κ2) is 6.00. The topological polar surface area (TPSA) is 70.7 Å². The summed E-state index contributed by atoms with van der Waals surface area (Å²) < 4.78 is 0. The first-order valence-corrected chi connectivity index (χ1v) is 6.60. The highest BCUT2D eigenvalue weighted by molar-refractivity contribution is 5.93. The van der Waals surface area contributed by atoms with E-state index >= 15 is 0 Å². The van der Waals surface area contributed by atoms with Crippen LogP contribution < -0.4 is 5.32 Å². The zero-order valence-corrected chi connectivity index (χ0v) is 11.3. The highest BCUT2D eigenvalue weighted by atomic mass is 16.1. The Morgan fingerprint density at radius 1 is 1.19 bits per heavy atom. The van der Waals surface area contributed by atoms with Gasteiger partial charge >= 0.3 is 0 Å². The highest BCUT2D eigenvalue weighted by Gasteiger charge is 2.06. The summed E-state index contributed by atoms with van der Waals surface area (Å²) in [5, 5.41) is 9.24. The molecule has 2 heterocycles. The van der Waals surface area contributed by atoms with Crippen LogP contribution in [0.2, 0.25) is 0 Å². The summed E-state index contributed by atoms with van der Waals surface area (Å²) in [4.78, 5) is 16.2. The third-order valence-electron chi connectivity index (χ3n) is 3.10. The molecule has 0 atom stereocenters. The Morgan fingerprint density at radius 2 is 2.14 bits per heavy atom. The van der Waals surface area contributed by atoms with Crippen LogP contribution in [0.25, 0.3) is 11.3 Å².